The fourth-order valence-electron chi connectivity index (χ4n) is 4.25. The molecule has 2 aromatic rings. The van der Waals surface area contributed by atoms with Crippen LogP contribution in [-0.2, 0) is 11.3 Å². The molecule has 0 bridgehead atoms. The van der Waals surface area contributed by atoms with Crippen LogP contribution in [0.4, 0.5) is 0 Å². The van der Waals surface area contributed by atoms with Gasteiger partial charge < -0.3 is 19.7 Å². The molecule has 4 rings (SSSR count). The summed E-state index contributed by atoms with van der Waals surface area (Å²) < 4.78 is 10.8. The minimum Gasteiger partial charge on any atom is -0.454 e. The zero-order valence-electron chi connectivity index (χ0n) is 19.4. The Balaban J connectivity index is 1.35. The van der Waals surface area contributed by atoms with E-state index in [1.165, 1.54) is 6.07 Å². The molecule has 182 valence electrons. The Kier molecular flexibility index (Phi) is 7.86. The van der Waals surface area contributed by atoms with Crippen molar-refractivity contribution in [2.75, 3.05) is 33.0 Å². The van der Waals surface area contributed by atoms with E-state index in [1.807, 2.05) is 36.9 Å². The zero-order chi connectivity index (χ0) is 24.2. The van der Waals surface area contributed by atoms with Crippen LogP contribution in [0.1, 0.15) is 36.2 Å². The Morgan fingerprint density at radius 1 is 1.00 bits per heavy atom. The average molecular weight is 506 g/mol. The lowest BCUT2D eigenvalue weighted by Gasteiger charge is -2.37. The first-order valence-electron chi connectivity index (χ1n) is 11.5. The second kappa shape index (κ2) is 10.8. The number of carbonyl (C=O) groups is 2. The highest BCUT2D eigenvalue weighted by atomic mass is 35.5. The van der Waals surface area contributed by atoms with Gasteiger partial charge in [0.25, 0.3) is 5.91 Å². The molecule has 2 aliphatic heterocycles. The third-order valence-corrected chi connectivity index (χ3v) is 6.56. The van der Waals surface area contributed by atoms with Crippen LogP contribution < -0.4 is 14.8 Å². The Morgan fingerprint density at radius 2 is 1.74 bits per heavy atom. The molecule has 1 atom stereocenters. The SMILES string of the molecule is CC(C)C[C@@H](NC(=O)c1ccc(Cl)cc1Cl)C(=O)N1CCN(Cc2ccc3c(c2)OCO3)CC1. The molecule has 1 fully saturated rings. The molecular weight excluding hydrogens is 477 g/mol. The maximum absolute atomic E-state index is 13.3. The van der Waals surface area contributed by atoms with Gasteiger partial charge in [-0.1, -0.05) is 43.1 Å². The largest absolute Gasteiger partial charge is 0.454 e. The summed E-state index contributed by atoms with van der Waals surface area (Å²) in [6.07, 6.45) is 0.549. The van der Waals surface area contributed by atoms with E-state index in [9.17, 15) is 9.59 Å². The van der Waals surface area contributed by atoms with Crippen molar-refractivity contribution >= 4 is 35.0 Å². The van der Waals surface area contributed by atoms with Gasteiger partial charge in [0.05, 0.1) is 10.6 Å². The van der Waals surface area contributed by atoms with Crippen molar-refractivity contribution in [3.05, 3.63) is 57.6 Å². The summed E-state index contributed by atoms with van der Waals surface area (Å²) in [7, 11) is 0. The summed E-state index contributed by atoms with van der Waals surface area (Å²) >= 11 is 12.1. The summed E-state index contributed by atoms with van der Waals surface area (Å²) in [4.78, 5) is 30.3. The number of carbonyl (C=O) groups excluding carboxylic acids is 2. The van der Waals surface area contributed by atoms with E-state index in [1.54, 1.807) is 12.1 Å². The lowest BCUT2D eigenvalue weighted by Crippen LogP contribution is -2.55. The average Bonchev–Trinajstić information content (AvgIpc) is 3.26. The lowest BCUT2D eigenvalue weighted by atomic mass is 10.0. The molecule has 1 N–H and O–H groups in total. The maximum atomic E-state index is 13.3. The Hall–Kier alpha value is -2.48. The van der Waals surface area contributed by atoms with Crippen molar-refractivity contribution in [1.29, 1.82) is 0 Å². The van der Waals surface area contributed by atoms with Gasteiger partial charge in [0.1, 0.15) is 6.04 Å². The monoisotopic (exact) mass is 505 g/mol. The number of hydrogen-bond acceptors (Lipinski definition) is 5. The minimum absolute atomic E-state index is 0.0603. The van der Waals surface area contributed by atoms with Gasteiger partial charge in [-0.15, -0.1) is 0 Å². The number of nitrogens with zero attached hydrogens (tertiary/aromatic N) is 2. The van der Waals surface area contributed by atoms with Crippen LogP contribution >= 0.6 is 23.2 Å². The molecule has 9 heteroatoms. The van der Waals surface area contributed by atoms with Gasteiger partial charge in [0.2, 0.25) is 12.7 Å². The molecule has 2 heterocycles. The quantitative estimate of drug-likeness (QED) is 0.610. The van der Waals surface area contributed by atoms with Gasteiger partial charge >= 0.3 is 0 Å². The van der Waals surface area contributed by atoms with Gasteiger partial charge in [0.15, 0.2) is 11.5 Å². The fraction of sp³-hybridized carbons (Fsp3) is 0.440. The van der Waals surface area contributed by atoms with Crippen molar-refractivity contribution < 1.29 is 19.1 Å². The molecule has 0 aromatic heterocycles. The second-order valence-corrected chi connectivity index (χ2v) is 9.91. The standard InChI is InChI=1S/C25H29Cl2N3O4/c1-16(2)11-21(28-24(31)19-5-4-18(26)13-20(19)27)25(32)30-9-7-29(8-10-30)14-17-3-6-22-23(12-17)34-15-33-22/h3-6,12-13,16,21H,7-11,14-15H2,1-2H3,(H,28,31)/t21-/m1/s1. The molecule has 0 aliphatic carbocycles. The highest BCUT2D eigenvalue weighted by Crippen LogP contribution is 2.33. The van der Waals surface area contributed by atoms with Gasteiger partial charge in [-0.2, -0.15) is 0 Å². The molecule has 0 unspecified atom stereocenters. The molecule has 2 aliphatic rings. The van der Waals surface area contributed by atoms with E-state index < -0.39 is 6.04 Å². The van der Waals surface area contributed by atoms with Gasteiger partial charge in [-0.25, -0.2) is 0 Å². The van der Waals surface area contributed by atoms with Crippen LogP contribution in [0.2, 0.25) is 10.0 Å². The number of nitrogens with one attached hydrogen (secondary N) is 1. The van der Waals surface area contributed by atoms with Crippen LogP contribution in [-0.4, -0.2) is 60.6 Å². The molecule has 34 heavy (non-hydrogen) atoms. The summed E-state index contributed by atoms with van der Waals surface area (Å²) in [6, 6.07) is 10.1. The third kappa shape index (κ3) is 5.95. The molecule has 2 aromatic carbocycles. The Labute approximate surface area is 209 Å². The first-order chi connectivity index (χ1) is 16.3. The van der Waals surface area contributed by atoms with E-state index >= 15 is 0 Å². The number of fused-ring (bicyclic) bond motifs is 1. The lowest BCUT2D eigenvalue weighted by molar-refractivity contribution is -0.135. The normalized spacial score (nSPS) is 16.6. The van der Waals surface area contributed by atoms with E-state index in [0.29, 0.717) is 30.1 Å². The second-order valence-electron chi connectivity index (χ2n) is 9.07. The van der Waals surface area contributed by atoms with Gasteiger partial charge in [-0.05, 0) is 48.2 Å². The van der Waals surface area contributed by atoms with Crippen molar-refractivity contribution in [2.24, 2.45) is 5.92 Å². The highest BCUT2D eigenvalue weighted by Gasteiger charge is 2.30. The van der Waals surface area contributed by atoms with Crippen molar-refractivity contribution in [3.8, 4) is 11.5 Å². The number of benzene rings is 2. The van der Waals surface area contributed by atoms with Gasteiger partial charge in [-0.3, -0.25) is 14.5 Å². The zero-order valence-corrected chi connectivity index (χ0v) is 20.9. The van der Waals surface area contributed by atoms with Crippen LogP contribution in [0.25, 0.3) is 0 Å². The molecule has 0 saturated carbocycles. The molecule has 1 saturated heterocycles. The molecule has 2 amide bonds. The number of hydrogen-bond donors (Lipinski definition) is 1. The smallest absolute Gasteiger partial charge is 0.253 e. The molecule has 7 nitrogen and oxygen atoms in total. The summed E-state index contributed by atoms with van der Waals surface area (Å²) in [5.41, 5.74) is 1.45. The van der Waals surface area contributed by atoms with E-state index in [0.717, 1.165) is 36.7 Å². The van der Waals surface area contributed by atoms with E-state index in [-0.39, 0.29) is 29.5 Å². The Bertz CT molecular complexity index is 1050. The number of amides is 2. The third-order valence-electron chi connectivity index (χ3n) is 6.01. The van der Waals surface area contributed by atoms with Crippen molar-refractivity contribution in [2.45, 2.75) is 32.9 Å². The predicted octanol–water partition coefficient (Wildman–Crippen LogP) is 4.21. The Morgan fingerprint density at radius 3 is 2.44 bits per heavy atom. The maximum Gasteiger partial charge on any atom is 0.253 e. The summed E-state index contributed by atoms with van der Waals surface area (Å²) in [5, 5.41) is 3.62. The van der Waals surface area contributed by atoms with E-state index in [2.05, 4.69) is 10.2 Å². The summed E-state index contributed by atoms with van der Waals surface area (Å²) in [5.74, 6) is 1.36. The van der Waals surface area contributed by atoms with Crippen LogP contribution in [0.5, 0.6) is 11.5 Å². The van der Waals surface area contributed by atoms with Crippen molar-refractivity contribution in [1.82, 2.24) is 15.1 Å². The molecule has 0 spiro atoms. The van der Waals surface area contributed by atoms with Crippen molar-refractivity contribution in [3.63, 3.8) is 0 Å². The molecular formula is C25H29Cl2N3O4. The first-order valence-corrected chi connectivity index (χ1v) is 12.2. The number of ether oxygens (including phenoxy) is 2. The predicted molar refractivity (Wildman–Crippen MR) is 132 cm³/mol. The fourth-order valence-corrected chi connectivity index (χ4v) is 4.74. The van der Waals surface area contributed by atoms with Crippen LogP contribution in [0.3, 0.4) is 0 Å². The summed E-state index contributed by atoms with van der Waals surface area (Å²) in [6.45, 7) is 7.83. The van der Waals surface area contributed by atoms with Crippen LogP contribution in [0, 0.1) is 5.92 Å². The number of rotatable bonds is 7. The first kappa shape index (κ1) is 24.6. The number of halogens is 2. The van der Waals surface area contributed by atoms with Crippen LogP contribution in [0.15, 0.2) is 36.4 Å². The van der Waals surface area contributed by atoms with Gasteiger partial charge in [0, 0.05) is 37.7 Å². The topological polar surface area (TPSA) is 71.1 Å². The highest BCUT2D eigenvalue weighted by molar-refractivity contribution is 6.36. The number of piperazine rings is 1. The molecule has 0 radical (unpaired) electrons. The van der Waals surface area contributed by atoms with E-state index in [4.69, 9.17) is 32.7 Å². The minimum atomic E-state index is -0.611.